The van der Waals surface area contributed by atoms with Gasteiger partial charge in [-0.15, -0.1) is 0 Å². The number of hydrogen-bond donors (Lipinski definition) is 1. The van der Waals surface area contributed by atoms with Gasteiger partial charge in [-0.05, 0) is 0 Å². The Labute approximate surface area is 82.6 Å². The van der Waals surface area contributed by atoms with Crippen molar-refractivity contribution in [3.8, 4) is 11.2 Å². The number of hydrogen-bond acceptors (Lipinski definition) is 3. The van der Waals surface area contributed by atoms with E-state index < -0.39 is 15.9 Å². The standard InChI is InChI=1S/C8H11NO4S/c1-14(12,13)4-2-3-7-5-9(6-7)8(10)11/h7H,3,5-6H2,1H3,(H,10,11). The van der Waals surface area contributed by atoms with Crippen molar-refractivity contribution < 1.29 is 18.3 Å². The molecule has 0 saturated carbocycles. The fraction of sp³-hybridized carbons (Fsp3) is 0.625. The van der Waals surface area contributed by atoms with Gasteiger partial charge in [0, 0.05) is 30.7 Å². The number of nitrogens with zero attached hydrogens (tertiary/aromatic N) is 1. The molecule has 0 aliphatic carbocycles. The van der Waals surface area contributed by atoms with E-state index in [-0.39, 0.29) is 5.92 Å². The topological polar surface area (TPSA) is 74.7 Å². The largest absolute Gasteiger partial charge is 0.465 e. The Morgan fingerprint density at radius 3 is 2.57 bits per heavy atom. The van der Waals surface area contributed by atoms with Crippen molar-refractivity contribution in [1.82, 2.24) is 4.90 Å². The molecule has 0 spiro atoms. The van der Waals surface area contributed by atoms with Crippen molar-refractivity contribution >= 4 is 15.9 Å². The first kappa shape index (κ1) is 10.9. The molecule has 0 bridgehead atoms. The Bertz CT molecular complexity index is 383. The second-order valence-electron chi connectivity index (χ2n) is 3.31. The van der Waals surface area contributed by atoms with Gasteiger partial charge in [-0.2, -0.15) is 0 Å². The summed E-state index contributed by atoms with van der Waals surface area (Å²) < 4.78 is 21.2. The molecular weight excluding hydrogens is 206 g/mol. The van der Waals surface area contributed by atoms with Gasteiger partial charge in [0.15, 0.2) is 0 Å². The highest BCUT2D eigenvalue weighted by Gasteiger charge is 2.29. The number of likely N-dealkylation sites (tertiary alicyclic amines) is 1. The van der Waals surface area contributed by atoms with E-state index >= 15 is 0 Å². The third-order valence-electron chi connectivity index (χ3n) is 1.88. The number of carboxylic acid groups (broad SMARTS) is 1. The summed E-state index contributed by atoms with van der Waals surface area (Å²) in [7, 11) is -3.22. The Morgan fingerprint density at radius 2 is 2.14 bits per heavy atom. The van der Waals surface area contributed by atoms with E-state index in [1.165, 1.54) is 4.90 Å². The van der Waals surface area contributed by atoms with Gasteiger partial charge < -0.3 is 10.0 Å². The predicted octanol–water partition coefficient (Wildman–Crippen LogP) is -0.00820. The minimum Gasteiger partial charge on any atom is -0.465 e. The Balaban J connectivity index is 2.30. The minimum atomic E-state index is -3.22. The SMILES string of the molecule is CS(=O)(=O)C#CCC1CN(C(=O)O)C1. The normalized spacial score (nSPS) is 16.8. The summed E-state index contributed by atoms with van der Waals surface area (Å²) in [6.45, 7) is 0.904. The smallest absolute Gasteiger partial charge is 0.407 e. The zero-order valence-corrected chi connectivity index (χ0v) is 8.54. The first-order valence-corrected chi connectivity index (χ1v) is 5.95. The van der Waals surface area contributed by atoms with E-state index in [2.05, 4.69) is 11.2 Å². The molecule has 5 nitrogen and oxygen atoms in total. The van der Waals surface area contributed by atoms with Crippen LogP contribution in [0.4, 0.5) is 4.79 Å². The number of amides is 1. The minimum absolute atomic E-state index is 0.181. The second kappa shape index (κ2) is 3.88. The molecule has 78 valence electrons. The quantitative estimate of drug-likeness (QED) is 0.495. The molecule has 1 fully saturated rings. The molecule has 1 N–H and O–H groups in total. The van der Waals surface area contributed by atoms with Gasteiger partial charge in [0.1, 0.15) is 0 Å². The molecule has 6 heteroatoms. The highest BCUT2D eigenvalue weighted by atomic mass is 32.2. The van der Waals surface area contributed by atoms with Crippen LogP contribution in [-0.2, 0) is 9.84 Å². The fourth-order valence-electron chi connectivity index (χ4n) is 1.17. The van der Waals surface area contributed by atoms with Crippen LogP contribution in [0.5, 0.6) is 0 Å². The van der Waals surface area contributed by atoms with Crippen molar-refractivity contribution in [2.45, 2.75) is 6.42 Å². The summed E-state index contributed by atoms with van der Waals surface area (Å²) in [5, 5.41) is 10.6. The maximum absolute atomic E-state index is 10.6. The maximum atomic E-state index is 10.6. The lowest BCUT2D eigenvalue weighted by Crippen LogP contribution is -2.49. The highest BCUT2D eigenvalue weighted by molar-refractivity contribution is 7.95. The molecule has 0 aromatic heterocycles. The fourth-order valence-corrected chi connectivity index (χ4v) is 1.52. The summed E-state index contributed by atoms with van der Waals surface area (Å²) in [6, 6.07) is 0. The average Bonchev–Trinajstić information content (AvgIpc) is 1.90. The summed E-state index contributed by atoms with van der Waals surface area (Å²) >= 11 is 0. The number of rotatable bonds is 1. The molecule has 1 aliphatic heterocycles. The van der Waals surface area contributed by atoms with Gasteiger partial charge in [-0.1, -0.05) is 5.92 Å². The molecule has 0 aromatic rings. The van der Waals surface area contributed by atoms with Gasteiger partial charge in [0.25, 0.3) is 0 Å². The van der Waals surface area contributed by atoms with E-state index in [4.69, 9.17) is 5.11 Å². The highest BCUT2D eigenvalue weighted by Crippen LogP contribution is 2.17. The van der Waals surface area contributed by atoms with Crippen LogP contribution >= 0.6 is 0 Å². The third kappa shape index (κ3) is 3.26. The van der Waals surface area contributed by atoms with E-state index in [1.54, 1.807) is 0 Å². The van der Waals surface area contributed by atoms with Gasteiger partial charge >= 0.3 is 6.09 Å². The van der Waals surface area contributed by atoms with E-state index in [1.807, 2.05) is 0 Å². The van der Waals surface area contributed by atoms with Crippen molar-refractivity contribution in [2.24, 2.45) is 5.92 Å². The van der Waals surface area contributed by atoms with Gasteiger partial charge in [-0.25, -0.2) is 13.2 Å². The molecule has 14 heavy (non-hydrogen) atoms. The van der Waals surface area contributed by atoms with Crippen LogP contribution in [0.3, 0.4) is 0 Å². The van der Waals surface area contributed by atoms with Crippen LogP contribution in [0.25, 0.3) is 0 Å². The monoisotopic (exact) mass is 217 g/mol. The van der Waals surface area contributed by atoms with Gasteiger partial charge in [0.2, 0.25) is 9.84 Å². The van der Waals surface area contributed by atoms with Crippen LogP contribution < -0.4 is 0 Å². The molecule has 1 saturated heterocycles. The molecule has 0 radical (unpaired) electrons. The molecule has 1 aliphatic rings. The maximum Gasteiger partial charge on any atom is 0.407 e. The van der Waals surface area contributed by atoms with Gasteiger partial charge in [-0.3, -0.25) is 0 Å². The van der Waals surface area contributed by atoms with Crippen molar-refractivity contribution in [1.29, 1.82) is 0 Å². The van der Waals surface area contributed by atoms with Crippen LogP contribution in [0.2, 0.25) is 0 Å². The zero-order chi connectivity index (χ0) is 10.8. The van der Waals surface area contributed by atoms with E-state index in [0.29, 0.717) is 19.5 Å². The number of sulfone groups is 1. The van der Waals surface area contributed by atoms with Crippen molar-refractivity contribution in [3.63, 3.8) is 0 Å². The average molecular weight is 217 g/mol. The molecule has 0 aromatic carbocycles. The summed E-state index contributed by atoms with van der Waals surface area (Å²) in [6.07, 6.45) is 0.554. The Kier molecular flexibility index (Phi) is 3.01. The number of carbonyl (C=O) groups is 1. The first-order chi connectivity index (χ1) is 6.38. The van der Waals surface area contributed by atoms with Crippen LogP contribution in [-0.4, -0.2) is 43.9 Å². The third-order valence-corrected chi connectivity index (χ3v) is 2.39. The van der Waals surface area contributed by atoms with Crippen LogP contribution in [0, 0.1) is 17.1 Å². The zero-order valence-electron chi connectivity index (χ0n) is 7.73. The van der Waals surface area contributed by atoms with E-state index in [9.17, 15) is 13.2 Å². The molecule has 0 atom stereocenters. The lowest BCUT2D eigenvalue weighted by atomic mass is 9.98. The molecular formula is C8H11NO4S. The lowest BCUT2D eigenvalue weighted by molar-refractivity contribution is 0.0837. The van der Waals surface area contributed by atoms with Crippen molar-refractivity contribution in [3.05, 3.63) is 0 Å². The predicted molar refractivity (Wildman–Crippen MR) is 50.3 cm³/mol. The van der Waals surface area contributed by atoms with Crippen LogP contribution in [0.1, 0.15) is 6.42 Å². The molecule has 0 unspecified atom stereocenters. The summed E-state index contributed by atoms with van der Waals surface area (Å²) in [5.74, 6) is 2.71. The Hall–Kier alpha value is -1.22. The van der Waals surface area contributed by atoms with Gasteiger partial charge in [0.05, 0.1) is 6.26 Å². The molecule has 1 rings (SSSR count). The van der Waals surface area contributed by atoms with E-state index in [0.717, 1.165) is 6.26 Å². The van der Waals surface area contributed by atoms with Crippen LogP contribution in [0.15, 0.2) is 0 Å². The Morgan fingerprint density at radius 1 is 1.57 bits per heavy atom. The first-order valence-electron chi connectivity index (χ1n) is 4.06. The van der Waals surface area contributed by atoms with Crippen molar-refractivity contribution in [2.75, 3.05) is 19.3 Å². The molecule has 1 amide bonds. The summed E-state index contributed by atoms with van der Waals surface area (Å²) in [5.41, 5.74) is 0. The lowest BCUT2D eigenvalue weighted by Gasteiger charge is -2.35. The summed E-state index contributed by atoms with van der Waals surface area (Å²) in [4.78, 5) is 11.6. The second-order valence-corrected chi connectivity index (χ2v) is 5.06. The molecule has 1 heterocycles.